The molecule has 140 valence electrons. The molecule has 5 rings (SSSR count). The van der Waals surface area contributed by atoms with Gasteiger partial charge >= 0.3 is 0 Å². The van der Waals surface area contributed by atoms with Crippen LogP contribution in [0.1, 0.15) is 28.8 Å². The Morgan fingerprint density at radius 3 is 2.71 bits per heavy atom. The minimum Gasteiger partial charge on any atom is -0.325 e. The molecule has 1 fully saturated rings. The Labute approximate surface area is 171 Å². The number of carbonyl (C=O) groups excluding carboxylic acids is 2. The van der Waals surface area contributed by atoms with E-state index in [-0.39, 0.29) is 17.7 Å². The zero-order valence-corrected chi connectivity index (χ0v) is 16.8. The molecule has 3 aromatic rings. The van der Waals surface area contributed by atoms with Crippen molar-refractivity contribution in [2.45, 2.75) is 24.3 Å². The van der Waals surface area contributed by atoms with Gasteiger partial charge < -0.3 is 10.6 Å². The highest BCUT2D eigenvalue weighted by molar-refractivity contribution is 9.10. The Kier molecular flexibility index (Phi) is 4.11. The lowest BCUT2D eigenvalue weighted by atomic mass is 9.70. The number of carbonyl (C=O) groups is 2. The lowest BCUT2D eigenvalue weighted by Gasteiger charge is -2.36. The lowest BCUT2D eigenvalue weighted by molar-refractivity contribution is -0.121. The standard InChI is InChI=1S/C23H19BrN2O2/c24-17-7-8-19-18(12-17)23(22(28)26-19)9-10-25-20(13-23)21(27)16-6-5-14-3-1-2-4-15(14)11-16/h1-8,11-12,20,25H,9-10,13H2,(H,26,28)/t20-,23?/m1/s1. The number of amides is 1. The minimum atomic E-state index is -0.651. The van der Waals surface area contributed by atoms with Crippen molar-refractivity contribution in [3.05, 3.63) is 76.3 Å². The van der Waals surface area contributed by atoms with E-state index < -0.39 is 5.41 Å². The Balaban J connectivity index is 1.50. The third-order valence-corrected chi connectivity index (χ3v) is 6.52. The molecular formula is C23H19BrN2O2. The van der Waals surface area contributed by atoms with Crippen LogP contribution in [0, 0.1) is 0 Å². The quantitative estimate of drug-likeness (QED) is 0.586. The molecule has 3 aromatic carbocycles. The molecule has 4 nitrogen and oxygen atoms in total. The number of Topliss-reactive ketones (excluding diaryl/α,β-unsaturated/α-hetero) is 1. The highest BCUT2D eigenvalue weighted by Crippen LogP contribution is 2.46. The monoisotopic (exact) mass is 434 g/mol. The lowest BCUT2D eigenvalue weighted by Crippen LogP contribution is -2.52. The number of piperidine rings is 1. The molecule has 0 aliphatic carbocycles. The third-order valence-electron chi connectivity index (χ3n) is 6.03. The number of anilines is 1. The van der Waals surface area contributed by atoms with E-state index in [1.165, 1.54) is 0 Å². The first kappa shape index (κ1) is 17.6. The summed E-state index contributed by atoms with van der Waals surface area (Å²) in [6.07, 6.45) is 1.15. The zero-order valence-electron chi connectivity index (χ0n) is 15.2. The smallest absolute Gasteiger partial charge is 0.235 e. The summed E-state index contributed by atoms with van der Waals surface area (Å²) in [6, 6.07) is 19.3. The van der Waals surface area contributed by atoms with Crippen LogP contribution in [0.3, 0.4) is 0 Å². The number of halogens is 1. The van der Waals surface area contributed by atoms with Crippen LogP contribution >= 0.6 is 15.9 Å². The molecule has 1 spiro atoms. The average Bonchev–Trinajstić information content (AvgIpc) is 2.98. The van der Waals surface area contributed by atoms with Crippen molar-refractivity contribution in [2.75, 3.05) is 11.9 Å². The summed E-state index contributed by atoms with van der Waals surface area (Å²) in [5.74, 6) is 0.0412. The van der Waals surface area contributed by atoms with E-state index in [4.69, 9.17) is 0 Å². The number of fused-ring (bicyclic) bond motifs is 3. The molecule has 1 saturated heterocycles. The fourth-order valence-corrected chi connectivity index (χ4v) is 4.91. The highest BCUT2D eigenvalue weighted by atomic mass is 79.9. The molecule has 2 atom stereocenters. The van der Waals surface area contributed by atoms with Gasteiger partial charge in [-0.2, -0.15) is 0 Å². The second-order valence-electron chi connectivity index (χ2n) is 7.61. The molecule has 0 bridgehead atoms. The van der Waals surface area contributed by atoms with Crippen LogP contribution in [-0.4, -0.2) is 24.3 Å². The zero-order chi connectivity index (χ0) is 19.3. The molecule has 0 aromatic heterocycles. The largest absolute Gasteiger partial charge is 0.325 e. The number of benzene rings is 3. The fraction of sp³-hybridized carbons (Fsp3) is 0.217. The van der Waals surface area contributed by atoms with E-state index in [9.17, 15) is 9.59 Å². The Morgan fingerprint density at radius 1 is 1.04 bits per heavy atom. The Bertz CT molecular complexity index is 1130. The third kappa shape index (κ3) is 2.69. The van der Waals surface area contributed by atoms with Crippen molar-refractivity contribution in [2.24, 2.45) is 0 Å². The van der Waals surface area contributed by atoms with Gasteiger partial charge in [0.05, 0.1) is 11.5 Å². The van der Waals surface area contributed by atoms with Gasteiger partial charge in [0.2, 0.25) is 5.91 Å². The van der Waals surface area contributed by atoms with Gasteiger partial charge in [0.25, 0.3) is 0 Å². The summed E-state index contributed by atoms with van der Waals surface area (Å²) >= 11 is 3.52. The maximum Gasteiger partial charge on any atom is 0.235 e. The fourth-order valence-electron chi connectivity index (χ4n) is 4.55. The van der Waals surface area contributed by atoms with Crippen molar-refractivity contribution >= 4 is 44.1 Å². The van der Waals surface area contributed by atoms with Gasteiger partial charge in [-0.15, -0.1) is 0 Å². The summed E-state index contributed by atoms with van der Waals surface area (Å²) in [5, 5.41) is 8.51. The molecule has 5 heteroatoms. The van der Waals surface area contributed by atoms with Gasteiger partial charge in [-0.05, 0) is 60.0 Å². The van der Waals surface area contributed by atoms with E-state index in [0.717, 1.165) is 26.5 Å². The summed E-state index contributed by atoms with van der Waals surface area (Å²) in [7, 11) is 0. The number of hydrogen-bond acceptors (Lipinski definition) is 3. The van der Waals surface area contributed by atoms with Gasteiger partial charge in [-0.3, -0.25) is 9.59 Å². The van der Waals surface area contributed by atoms with E-state index in [1.807, 2.05) is 60.7 Å². The van der Waals surface area contributed by atoms with Gasteiger partial charge in [0, 0.05) is 15.7 Å². The van der Waals surface area contributed by atoms with Gasteiger partial charge in [0.1, 0.15) is 0 Å². The summed E-state index contributed by atoms with van der Waals surface area (Å²) < 4.78 is 0.943. The molecular weight excluding hydrogens is 416 g/mol. The molecule has 1 amide bonds. The second kappa shape index (κ2) is 6.54. The summed E-state index contributed by atoms with van der Waals surface area (Å²) in [5.41, 5.74) is 1.87. The molecule has 0 saturated carbocycles. The molecule has 28 heavy (non-hydrogen) atoms. The summed E-state index contributed by atoms with van der Waals surface area (Å²) in [4.78, 5) is 26.2. The SMILES string of the molecule is O=C(c1ccc2ccccc2c1)[C@H]1CC2(CCN1)C(=O)Nc1ccc(Br)cc12. The van der Waals surface area contributed by atoms with Crippen molar-refractivity contribution < 1.29 is 9.59 Å². The van der Waals surface area contributed by atoms with Crippen LogP contribution in [-0.2, 0) is 10.2 Å². The van der Waals surface area contributed by atoms with Crippen molar-refractivity contribution in [3.63, 3.8) is 0 Å². The van der Waals surface area contributed by atoms with E-state index in [2.05, 4.69) is 26.6 Å². The first-order valence-electron chi connectivity index (χ1n) is 9.45. The Hall–Kier alpha value is -2.50. The van der Waals surface area contributed by atoms with E-state index in [1.54, 1.807) is 0 Å². The molecule has 2 aliphatic rings. The second-order valence-corrected chi connectivity index (χ2v) is 8.53. The minimum absolute atomic E-state index is 0.00147. The predicted molar refractivity (Wildman–Crippen MR) is 114 cm³/mol. The molecule has 2 N–H and O–H groups in total. The van der Waals surface area contributed by atoms with Gasteiger partial charge in [-0.25, -0.2) is 0 Å². The molecule has 0 radical (unpaired) electrons. The first-order chi connectivity index (χ1) is 13.6. The summed E-state index contributed by atoms with van der Waals surface area (Å²) in [6.45, 7) is 0.628. The normalized spacial score (nSPS) is 23.6. The highest BCUT2D eigenvalue weighted by Gasteiger charge is 2.50. The van der Waals surface area contributed by atoms with Gasteiger partial charge in [0.15, 0.2) is 5.78 Å². The number of nitrogens with one attached hydrogen (secondary N) is 2. The maximum atomic E-state index is 13.3. The van der Waals surface area contributed by atoms with E-state index >= 15 is 0 Å². The van der Waals surface area contributed by atoms with Crippen molar-refractivity contribution in [1.82, 2.24) is 5.32 Å². The van der Waals surface area contributed by atoms with Crippen molar-refractivity contribution in [3.8, 4) is 0 Å². The van der Waals surface area contributed by atoms with Crippen LogP contribution in [0.2, 0.25) is 0 Å². The molecule has 2 heterocycles. The number of hydrogen-bond donors (Lipinski definition) is 2. The van der Waals surface area contributed by atoms with Crippen LogP contribution in [0.25, 0.3) is 10.8 Å². The number of rotatable bonds is 2. The molecule has 1 unspecified atom stereocenters. The van der Waals surface area contributed by atoms with Gasteiger partial charge in [-0.1, -0.05) is 52.3 Å². The maximum absolute atomic E-state index is 13.3. The van der Waals surface area contributed by atoms with Crippen LogP contribution in [0.15, 0.2) is 65.1 Å². The van der Waals surface area contributed by atoms with Crippen LogP contribution in [0.4, 0.5) is 5.69 Å². The van der Waals surface area contributed by atoms with E-state index in [0.29, 0.717) is 24.9 Å². The van der Waals surface area contributed by atoms with Crippen LogP contribution < -0.4 is 10.6 Å². The Morgan fingerprint density at radius 2 is 1.86 bits per heavy atom. The topological polar surface area (TPSA) is 58.2 Å². The van der Waals surface area contributed by atoms with Crippen molar-refractivity contribution in [1.29, 1.82) is 0 Å². The van der Waals surface area contributed by atoms with Crippen LogP contribution in [0.5, 0.6) is 0 Å². The molecule has 2 aliphatic heterocycles. The predicted octanol–water partition coefficient (Wildman–Crippen LogP) is 4.43. The first-order valence-corrected chi connectivity index (χ1v) is 10.2. The average molecular weight is 435 g/mol. The number of ketones is 1.